The summed E-state index contributed by atoms with van der Waals surface area (Å²) in [5.74, 6) is 0.983. The van der Waals surface area contributed by atoms with Crippen LogP contribution in [-0.4, -0.2) is 54.7 Å². The summed E-state index contributed by atoms with van der Waals surface area (Å²) >= 11 is 0. The van der Waals surface area contributed by atoms with Crippen LogP contribution in [0.15, 0.2) is 10.6 Å². The molecule has 1 saturated heterocycles. The van der Waals surface area contributed by atoms with E-state index in [-0.39, 0.29) is 0 Å². The summed E-state index contributed by atoms with van der Waals surface area (Å²) in [5.41, 5.74) is 1.00. The molecule has 0 unspecified atom stereocenters. The highest BCUT2D eigenvalue weighted by Gasteiger charge is 2.21. The zero-order valence-electron chi connectivity index (χ0n) is 12.4. The molecule has 108 valence electrons. The van der Waals surface area contributed by atoms with Gasteiger partial charge in [0.2, 0.25) is 0 Å². The Morgan fingerprint density at radius 2 is 2.16 bits per heavy atom. The molecule has 2 heterocycles. The van der Waals surface area contributed by atoms with Crippen LogP contribution >= 0.6 is 0 Å². The van der Waals surface area contributed by atoms with Crippen molar-refractivity contribution in [3.05, 3.63) is 17.5 Å². The minimum atomic E-state index is 0.732. The van der Waals surface area contributed by atoms with E-state index in [1.165, 1.54) is 12.8 Å². The molecular formula is C14H26N4O. The number of rotatable bonds is 6. The SMILES string of the molecule is CCNCc1cc(CN2CCC(N(C)C)CC2)on1. The van der Waals surface area contributed by atoms with E-state index in [1.54, 1.807) is 0 Å². The molecule has 1 fully saturated rings. The van der Waals surface area contributed by atoms with Gasteiger partial charge in [-0.2, -0.15) is 0 Å². The summed E-state index contributed by atoms with van der Waals surface area (Å²) in [6.45, 7) is 7.02. The van der Waals surface area contributed by atoms with Crippen LogP contribution in [0.25, 0.3) is 0 Å². The second-order valence-corrected chi connectivity index (χ2v) is 5.54. The number of aromatic nitrogens is 1. The van der Waals surface area contributed by atoms with Gasteiger partial charge < -0.3 is 14.7 Å². The van der Waals surface area contributed by atoms with Crippen molar-refractivity contribution in [2.45, 2.75) is 38.9 Å². The minimum Gasteiger partial charge on any atom is -0.360 e. The van der Waals surface area contributed by atoms with Crippen LogP contribution in [0, 0.1) is 0 Å². The van der Waals surface area contributed by atoms with E-state index >= 15 is 0 Å². The maximum Gasteiger partial charge on any atom is 0.151 e. The average Bonchev–Trinajstić information content (AvgIpc) is 2.84. The van der Waals surface area contributed by atoms with E-state index < -0.39 is 0 Å². The van der Waals surface area contributed by atoms with E-state index in [0.29, 0.717) is 0 Å². The summed E-state index contributed by atoms with van der Waals surface area (Å²) in [7, 11) is 4.34. The zero-order chi connectivity index (χ0) is 13.7. The van der Waals surface area contributed by atoms with Crippen molar-refractivity contribution >= 4 is 0 Å². The van der Waals surface area contributed by atoms with Gasteiger partial charge in [0, 0.05) is 31.7 Å². The monoisotopic (exact) mass is 266 g/mol. The van der Waals surface area contributed by atoms with Crippen LogP contribution in [0.2, 0.25) is 0 Å². The third-order valence-corrected chi connectivity index (χ3v) is 3.83. The summed E-state index contributed by atoms with van der Waals surface area (Å²) in [4.78, 5) is 4.79. The number of hydrogen-bond acceptors (Lipinski definition) is 5. The van der Waals surface area contributed by atoms with Crippen molar-refractivity contribution in [2.24, 2.45) is 0 Å². The fourth-order valence-corrected chi connectivity index (χ4v) is 2.58. The van der Waals surface area contributed by atoms with Gasteiger partial charge in [0.1, 0.15) is 0 Å². The van der Waals surface area contributed by atoms with E-state index in [9.17, 15) is 0 Å². The summed E-state index contributed by atoms with van der Waals surface area (Å²) in [6, 6.07) is 2.80. The Morgan fingerprint density at radius 3 is 2.79 bits per heavy atom. The highest BCUT2D eigenvalue weighted by molar-refractivity contribution is 5.05. The highest BCUT2D eigenvalue weighted by Crippen LogP contribution is 2.17. The lowest BCUT2D eigenvalue weighted by molar-refractivity contribution is 0.131. The predicted octanol–water partition coefficient (Wildman–Crippen LogP) is 1.31. The maximum absolute atomic E-state index is 5.40. The number of hydrogen-bond donors (Lipinski definition) is 1. The molecule has 19 heavy (non-hydrogen) atoms. The van der Waals surface area contributed by atoms with Crippen LogP contribution in [-0.2, 0) is 13.1 Å². The smallest absolute Gasteiger partial charge is 0.151 e. The lowest BCUT2D eigenvalue weighted by Crippen LogP contribution is -2.41. The van der Waals surface area contributed by atoms with Crippen molar-refractivity contribution in [3.8, 4) is 0 Å². The molecule has 0 saturated carbocycles. The Hall–Kier alpha value is -0.910. The van der Waals surface area contributed by atoms with Crippen LogP contribution in [0.5, 0.6) is 0 Å². The van der Waals surface area contributed by atoms with Crippen molar-refractivity contribution in [1.82, 2.24) is 20.3 Å². The van der Waals surface area contributed by atoms with Gasteiger partial charge in [0.25, 0.3) is 0 Å². The summed E-state index contributed by atoms with van der Waals surface area (Å²) in [6.07, 6.45) is 2.48. The van der Waals surface area contributed by atoms with Crippen LogP contribution in [0.1, 0.15) is 31.2 Å². The second-order valence-electron chi connectivity index (χ2n) is 5.54. The molecule has 2 rings (SSSR count). The second kappa shape index (κ2) is 7.03. The van der Waals surface area contributed by atoms with Crippen LogP contribution < -0.4 is 5.32 Å². The molecule has 0 aliphatic carbocycles. The molecule has 1 aliphatic heterocycles. The van der Waals surface area contributed by atoms with E-state index in [2.05, 4.69) is 47.4 Å². The number of piperidine rings is 1. The Balaban J connectivity index is 1.77. The van der Waals surface area contributed by atoms with Gasteiger partial charge in [-0.3, -0.25) is 4.90 Å². The van der Waals surface area contributed by atoms with Gasteiger partial charge in [-0.1, -0.05) is 12.1 Å². The molecule has 0 bridgehead atoms. The fourth-order valence-electron chi connectivity index (χ4n) is 2.58. The molecule has 5 heteroatoms. The van der Waals surface area contributed by atoms with Crippen LogP contribution in [0.3, 0.4) is 0 Å². The maximum atomic E-state index is 5.40. The first-order valence-corrected chi connectivity index (χ1v) is 7.23. The van der Waals surface area contributed by atoms with Crippen molar-refractivity contribution in [3.63, 3.8) is 0 Å². The van der Waals surface area contributed by atoms with Crippen molar-refractivity contribution < 1.29 is 4.52 Å². The lowest BCUT2D eigenvalue weighted by Gasteiger charge is -2.34. The van der Waals surface area contributed by atoms with Crippen molar-refractivity contribution in [1.29, 1.82) is 0 Å². The van der Waals surface area contributed by atoms with Crippen LogP contribution in [0.4, 0.5) is 0 Å². The molecule has 0 aromatic carbocycles. The Labute approximate surface area is 115 Å². The van der Waals surface area contributed by atoms with Gasteiger partial charge >= 0.3 is 0 Å². The Kier molecular flexibility index (Phi) is 5.36. The van der Waals surface area contributed by atoms with Gasteiger partial charge in [0.05, 0.1) is 12.2 Å². The third kappa shape index (κ3) is 4.30. The normalized spacial score (nSPS) is 18.3. The molecule has 0 amide bonds. The van der Waals surface area contributed by atoms with Crippen molar-refractivity contribution in [2.75, 3.05) is 33.7 Å². The fraction of sp³-hybridized carbons (Fsp3) is 0.786. The first-order chi connectivity index (χ1) is 9.19. The first-order valence-electron chi connectivity index (χ1n) is 7.23. The van der Waals surface area contributed by atoms with Gasteiger partial charge in [-0.05, 0) is 33.5 Å². The number of nitrogens with zero attached hydrogens (tertiary/aromatic N) is 3. The molecule has 1 N–H and O–H groups in total. The summed E-state index contributed by atoms with van der Waals surface area (Å²) in [5, 5.41) is 7.35. The quantitative estimate of drug-likeness (QED) is 0.841. The average molecular weight is 266 g/mol. The summed E-state index contributed by atoms with van der Waals surface area (Å²) < 4.78 is 5.40. The van der Waals surface area contributed by atoms with E-state index in [4.69, 9.17) is 4.52 Å². The first kappa shape index (κ1) is 14.5. The minimum absolute atomic E-state index is 0.732. The molecular weight excluding hydrogens is 240 g/mol. The molecule has 5 nitrogen and oxygen atoms in total. The van der Waals surface area contributed by atoms with Gasteiger partial charge in [-0.25, -0.2) is 0 Å². The van der Waals surface area contributed by atoms with Gasteiger partial charge in [-0.15, -0.1) is 0 Å². The Morgan fingerprint density at radius 1 is 1.42 bits per heavy atom. The molecule has 1 aliphatic rings. The van der Waals surface area contributed by atoms with Gasteiger partial charge in [0.15, 0.2) is 5.76 Å². The lowest BCUT2D eigenvalue weighted by atomic mass is 10.0. The molecule has 0 atom stereocenters. The zero-order valence-corrected chi connectivity index (χ0v) is 12.4. The number of likely N-dealkylation sites (tertiary alicyclic amines) is 1. The van der Waals surface area contributed by atoms with E-state index in [0.717, 1.165) is 50.2 Å². The number of nitrogens with one attached hydrogen (secondary N) is 1. The largest absolute Gasteiger partial charge is 0.360 e. The highest BCUT2D eigenvalue weighted by atomic mass is 16.5. The molecule has 1 aromatic rings. The Bertz CT molecular complexity index is 369. The topological polar surface area (TPSA) is 44.5 Å². The van der Waals surface area contributed by atoms with E-state index in [1.807, 2.05) is 0 Å². The standard InChI is InChI=1S/C14H26N4O/c1-4-15-10-12-9-14(19-16-12)11-18-7-5-13(6-8-18)17(2)3/h9,13,15H,4-8,10-11H2,1-3H3. The molecule has 1 aromatic heterocycles. The molecule has 0 spiro atoms. The third-order valence-electron chi connectivity index (χ3n) is 3.83. The predicted molar refractivity (Wildman–Crippen MR) is 75.9 cm³/mol. The molecule has 0 radical (unpaired) electrons.